The molecule has 0 bridgehead atoms. The summed E-state index contributed by atoms with van der Waals surface area (Å²) in [7, 11) is 1.56. The van der Waals surface area contributed by atoms with E-state index in [1.165, 1.54) is 11.1 Å². The second-order valence-corrected chi connectivity index (χ2v) is 7.02. The number of rotatable bonds is 9. The van der Waals surface area contributed by atoms with Gasteiger partial charge in [0.1, 0.15) is 19.0 Å². The number of methoxy groups -OCH3 is 1. The molecule has 2 rings (SSSR count). The third-order valence-corrected chi connectivity index (χ3v) is 4.56. The van der Waals surface area contributed by atoms with Crippen molar-refractivity contribution >= 4 is 35.1 Å². The average Bonchev–Trinajstić information content (AvgIpc) is 2.69. The van der Waals surface area contributed by atoms with E-state index in [-0.39, 0.29) is 0 Å². The molecule has 2 N–H and O–H groups in total. The van der Waals surface area contributed by atoms with Crippen molar-refractivity contribution in [3.05, 3.63) is 52.0 Å². The number of halogens is 1. The third kappa shape index (κ3) is 7.11. The Morgan fingerprint density at radius 1 is 1.14 bits per heavy atom. The van der Waals surface area contributed by atoms with Crippen LogP contribution in [0.2, 0.25) is 5.02 Å². The number of hydrazone groups is 1. The van der Waals surface area contributed by atoms with Crippen molar-refractivity contribution in [3.63, 3.8) is 0 Å². The minimum absolute atomic E-state index is 0.328. The summed E-state index contributed by atoms with van der Waals surface area (Å²) in [6.07, 6.45) is 1.60. The number of aryl methyl sites for hydroxylation is 2. The standard InChI is InChI=1S/C21H26ClN3O3S/c1-5-23-21(29)25-24-13-16-11-18(22)20(19(12-16)26-4)28-9-8-27-17-7-6-14(2)15(3)10-17/h6-7,10-13H,5,8-9H2,1-4H3,(H2,23,25,29). The molecule has 0 unspecified atom stereocenters. The first-order valence-electron chi connectivity index (χ1n) is 9.21. The van der Waals surface area contributed by atoms with Crippen LogP contribution >= 0.6 is 23.8 Å². The summed E-state index contributed by atoms with van der Waals surface area (Å²) in [5.74, 6) is 1.79. The van der Waals surface area contributed by atoms with Gasteiger partial charge in [-0.2, -0.15) is 5.10 Å². The fourth-order valence-corrected chi connectivity index (χ4v) is 2.90. The van der Waals surface area contributed by atoms with Crippen molar-refractivity contribution in [1.29, 1.82) is 0 Å². The first kappa shape index (κ1) is 22.8. The number of nitrogens with zero attached hydrogens (tertiary/aromatic N) is 1. The quantitative estimate of drug-likeness (QED) is 0.266. The summed E-state index contributed by atoms with van der Waals surface area (Å²) in [5, 5.41) is 7.89. The fourth-order valence-electron chi connectivity index (χ4n) is 2.43. The van der Waals surface area contributed by atoms with Gasteiger partial charge in [0.05, 0.1) is 18.3 Å². The Morgan fingerprint density at radius 2 is 1.90 bits per heavy atom. The summed E-state index contributed by atoms with van der Waals surface area (Å²) in [6.45, 7) is 7.51. The summed E-state index contributed by atoms with van der Waals surface area (Å²) in [4.78, 5) is 0. The maximum Gasteiger partial charge on any atom is 0.186 e. The third-order valence-electron chi connectivity index (χ3n) is 4.05. The van der Waals surface area contributed by atoms with Gasteiger partial charge in [0.15, 0.2) is 16.6 Å². The monoisotopic (exact) mass is 435 g/mol. The van der Waals surface area contributed by atoms with Crippen LogP contribution in [0.3, 0.4) is 0 Å². The lowest BCUT2D eigenvalue weighted by atomic mass is 10.1. The molecule has 0 aromatic heterocycles. The largest absolute Gasteiger partial charge is 0.493 e. The first-order chi connectivity index (χ1) is 13.9. The molecule has 2 aromatic rings. The molecule has 0 atom stereocenters. The van der Waals surface area contributed by atoms with Crippen LogP contribution in [0.5, 0.6) is 17.2 Å². The van der Waals surface area contributed by atoms with Crippen LogP contribution in [0.15, 0.2) is 35.4 Å². The van der Waals surface area contributed by atoms with Crippen LogP contribution < -0.4 is 25.0 Å². The summed E-state index contributed by atoms with van der Waals surface area (Å²) in [5.41, 5.74) is 5.89. The zero-order chi connectivity index (χ0) is 21.2. The van der Waals surface area contributed by atoms with Crippen molar-refractivity contribution in [2.75, 3.05) is 26.9 Å². The van der Waals surface area contributed by atoms with E-state index in [1.807, 2.05) is 25.1 Å². The lowest BCUT2D eigenvalue weighted by Gasteiger charge is -2.14. The van der Waals surface area contributed by atoms with Gasteiger partial charge in [0, 0.05) is 6.54 Å². The van der Waals surface area contributed by atoms with E-state index in [4.69, 9.17) is 38.0 Å². The Bertz CT molecular complexity index is 874. The predicted octanol–water partition coefficient (Wildman–Crippen LogP) is 4.24. The molecule has 0 heterocycles. The van der Waals surface area contributed by atoms with E-state index in [2.05, 4.69) is 29.7 Å². The predicted molar refractivity (Wildman–Crippen MR) is 122 cm³/mol. The second kappa shape index (κ2) is 11.5. The smallest absolute Gasteiger partial charge is 0.186 e. The van der Waals surface area contributed by atoms with E-state index >= 15 is 0 Å². The molecule has 0 spiro atoms. The van der Waals surface area contributed by atoms with E-state index < -0.39 is 0 Å². The lowest BCUT2D eigenvalue weighted by Crippen LogP contribution is -2.31. The molecule has 0 saturated heterocycles. The van der Waals surface area contributed by atoms with Gasteiger partial charge in [-0.05, 0) is 73.9 Å². The van der Waals surface area contributed by atoms with Gasteiger partial charge in [0.25, 0.3) is 0 Å². The lowest BCUT2D eigenvalue weighted by molar-refractivity contribution is 0.211. The summed E-state index contributed by atoms with van der Waals surface area (Å²) >= 11 is 11.4. The number of hydrogen-bond donors (Lipinski definition) is 2. The minimum atomic E-state index is 0.328. The molecule has 0 fully saturated rings. The number of benzene rings is 2. The molecule has 0 radical (unpaired) electrons. The molecule has 0 amide bonds. The molecule has 0 aliphatic heterocycles. The zero-order valence-corrected chi connectivity index (χ0v) is 18.6. The molecule has 29 heavy (non-hydrogen) atoms. The van der Waals surface area contributed by atoms with Gasteiger partial charge >= 0.3 is 0 Å². The zero-order valence-electron chi connectivity index (χ0n) is 17.0. The van der Waals surface area contributed by atoms with Crippen LogP contribution in [0, 0.1) is 13.8 Å². The maximum absolute atomic E-state index is 6.37. The van der Waals surface area contributed by atoms with Crippen molar-refractivity contribution in [2.24, 2.45) is 5.10 Å². The molecular weight excluding hydrogens is 410 g/mol. The van der Waals surface area contributed by atoms with Crippen molar-refractivity contribution in [3.8, 4) is 17.2 Å². The highest BCUT2D eigenvalue weighted by Crippen LogP contribution is 2.36. The van der Waals surface area contributed by atoms with Crippen molar-refractivity contribution in [2.45, 2.75) is 20.8 Å². The van der Waals surface area contributed by atoms with Crippen LogP contribution in [0.4, 0.5) is 0 Å². The highest BCUT2D eigenvalue weighted by molar-refractivity contribution is 7.80. The molecule has 156 valence electrons. The van der Waals surface area contributed by atoms with E-state index in [1.54, 1.807) is 25.5 Å². The van der Waals surface area contributed by atoms with Crippen molar-refractivity contribution < 1.29 is 14.2 Å². The van der Waals surface area contributed by atoms with Gasteiger partial charge < -0.3 is 19.5 Å². The number of thiocarbonyl (C=S) groups is 1. The summed E-state index contributed by atoms with van der Waals surface area (Å²) < 4.78 is 16.9. The molecule has 0 saturated carbocycles. The van der Waals surface area contributed by atoms with E-state index in [0.717, 1.165) is 17.9 Å². The Morgan fingerprint density at radius 3 is 2.59 bits per heavy atom. The van der Waals surface area contributed by atoms with Crippen LogP contribution in [0.1, 0.15) is 23.6 Å². The second-order valence-electron chi connectivity index (χ2n) is 6.21. The van der Waals surface area contributed by atoms with Gasteiger partial charge in [-0.1, -0.05) is 17.7 Å². The Kier molecular flexibility index (Phi) is 9.02. The van der Waals surface area contributed by atoms with Crippen molar-refractivity contribution in [1.82, 2.24) is 10.7 Å². The maximum atomic E-state index is 6.37. The molecular formula is C21H26ClN3O3S. The Hall–Kier alpha value is -2.51. The molecule has 6 nitrogen and oxygen atoms in total. The van der Waals surface area contributed by atoms with Crippen LogP contribution in [-0.2, 0) is 0 Å². The van der Waals surface area contributed by atoms with Gasteiger partial charge in [-0.25, -0.2) is 0 Å². The Balaban J connectivity index is 1.95. The van der Waals surface area contributed by atoms with Gasteiger partial charge in [-0.15, -0.1) is 0 Å². The first-order valence-corrected chi connectivity index (χ1v) is 10.0. The summed E-state index contributed by atoms with van der Waals surface area (Å²) in [6, 6.07) is 9.51. The number of hydrogen-bond acceptors (Lipinski definition) is 5. The van der Waals surface area contributed by atoms with E-state index in [9.17, 15) is 0 Å². The molecule has 0 aliphatic carbocycles. The topological polar surface area (TPSA) is 64.1 Å². The highest BCUT2D eigenvalue weighted by atomic mass is 35.5. The van der Waals surface area contributed by atoms with E-state index in [0.29, 0.717) is 34.8 Å². The molecule has 8 heteroatoms. The van der Waals surface area contributed by atoms with Crippen LogP contribution in [0.25, 0.3) is 0 Å². The highest BCUT2D eigenvalue weighted by Gasteiger charge is 2.12. The minimum Gasteiger partial charge on any atom is -0.493 e. The van der Waals surface area contributed by atoms with Gasteiger partial charge in [0.2, 0.25) is 0 Å². The average molecular weight is 436 g/mol. The number of ether oxygens (including phenoxy) is 3. The number of nitrogens with one attached hydrogen (secondary N) is 2. The SMILES string of the molecule is CCNC(=S)NN=Cc1cc(Cl)c(OCCOc2ccc(C)c(C)c2)c(OC)c1. The molecule has 2 aromatic carbocycles. The Labute approximate surface area is 182 Å². The van der Waals surface area contributed by atoms with Crippen LogP contribution in [-0.4, -0.2) is 38.2 Å². The van der Waals surface area contributed by atoms with Gasteiger partial charge in [-0.3, -0.25) is 5.43 Å². The molecule has 0 aliphatic rings. The fraction of sp³-hybridized carbons (Fsp3) is 0.333. The normalized spacial score (nSPS) is 10.7.